The van der Waals surface area contributed by atoms with E-state index in [2.05, 4.69) is 89.4 Å². The molecule has 2 aromatic heterocycles. The maximum absolute atomic E-state index is 14.7. The van der Waals surface area contributed by atoms with E-state index >= 15 is 0 Å². The summed E-state index contributed by atoms with van der Waals surface area (Å²) < 4.78 is 5.68. The lowest BCUT2D eigenvalue weighted by Gasteiger charge is -2.27. The van der Waals surface area contributed by atoms with Gasteiger partial charge in [-0.05, 0) is 88.5 Å². The molecule has 1 unspecified atom stereocenters. The molecule has 16 N–H and O–H groups in total. The SMILES string of the molecule is CC[C@@H]1NC(=O)[C@H]2CCSSCCC(NC(=O)[C@H](C)NC(=O)[C@H](NC(=O)CCOCCNC(=O)CCCC[C@@H]3SC[C@@H]4NC(=O)N[C@@H]43)CCCCNC(=O)[C@H](Cc3cc4ccccc4cn3)NC1=O)C(=O)N[C@@H](Cc1c[nH]cn1)C(=O)N[C@@H](CC1CC1)C(=O)NCC(=O)N[C@@H](CCC(=O)O)C(=O)N2. The number of benzene rings is 1. The Kier molecular flexibility index (Phi) is 31.7. The third kappa shape index (κ3) is 26.5. The van der Waals surface area contributed by atoms with Crippen LogP contribution in [0.25, 0.3) is 10.8 Å². The molecule has 1 aromatic carbocycles. The second-order valence-corrected chi connectivity index (χ2v) is 30.1. The largest absolute Gasteiger partial charge is 0.481 e. The first-order valence-corrected chi connectivity index (χ1v) is 38.7. The number of fused-ring (bicyclic) bond motifs is 9. The molecule has 4 aliphatic heterocycles. The molecule has 562 valence electrons. The van der Waals surface area contributed by atoms with E-state index in [-0.39, 0.29) is 137 Å². The molecule has 1 saturated carbocycles. The standard InChI is InChI=1S/C67H95N17O16S3/c1-3-43-61(93)81-49(30-41-29-39-10-4-5-11-40(39)32-71-41)59(91)70-22-9-8-12-44(75-54(86)19-24-100-25-23-69-53(85)14-7-6-13-52-57-51(35-101-52)83-67(99)84-57)62(94)74-37(2)58(90)78-46-20-26-102-103-27-21-47(64(96)77-43)79-63(95)45(17-18-56(88)89)76-55(87)34-72-60(92)48(28-38-15-16-38)80-66(98)50(82-65(46)97)31-42-33-68-36-73-42/h4-5,10-11,29,32-33,36-38,43-52,57H,3,6-9,12-28,30-31,34-35H2,1-2H3,(H,68,73)(H,69,85)(H,70,91)(H,72,92)(H,74,94)(H,75,86)(H,76,87)(H,77,96)(H,78,90)(H,79,95)(H,80,98)(H,81,93)(H,82,97)(H,88,89)(H2,83,84,99)/t37-,43-,44+,45-,46?,47+,48-,49-,50-,51-,52-,57-/m0/s1. The Balaban J connectivity index is 1.01. The van der Waals surface area contributed by atoms with Crippen molar-refractivity contribution >= 4 is 127 Å². The lowest BCUT2D eigenvalue weighted by atomic mass is 10.0. The van der Waals surface area contributed by atoms with Gasteiger partial charge in [0.25, 0.3) is 0 Å². The van der Waals surface area contributed by atoms with E-state index in [9.17, 15) is 72.2 Å². The lowest BCUT2D eigenvalue weighted by molar-refractivity contribution is -0.138. The number of rotatable bonds is 22. The van der Waals surface area contributed by atoms with Crippen LogP contribution in [0.5, 0.6) is 0 Å². The molecule has 12 atom stereocenters. The second-order valence-electron chi connectivity index (χ2n) is 26.2. The third-order valence-electron chi connectivity index (χ3n) is 18.1. The summed E-state index contributed by atoms with van der Waals surface area (Å²) in [5.41, 5.74) is 0.779. The zero-order valence-corrected chi connectivity index (χ0v) is 60.1. The highest BCUT2D eigenvalue weighted by molar-refractivity contribution is 8.76. The molecule has 0 spiro atoms. The number of nitrogens with one attached hydrogen (secondary N) is 15. The number of carboxylic acid groups (broad SMARTS) is 1. The van der Waals surface area contributed by atoms with Gasteiger partial charge in [0.05, 0.1) is 43.9 Å². The van der Waals surface area contributed by atoms with Crippen molar-refractivity contribution in [3.63, 3.8) is 0 Å². The van der Waals surface area contributed by atoms with Crippen LogP contribution in [0, 0.1) is 5.92 Å². The monoisotopic (exact) mass is 1490 g/mol. The van der Waals surface area contributed by atoms with Gasteiger partial charge in [0.15, 0.2) is 0 Å². The Hall–Kier alpha value is -8.77. The summed E-state index contributed by atoms with van der Waals surface area (Å²) in [4.78, 5) is 205. The highest BCUT2D eigenvalue weighted by Gasteiger charge is 2.43. The number of nitrogens with zero attached hydrogens (tertiary/aromatic N) is 2. The van der Waals surface area contributed by atoms with Crippen molar-refractivity contribution in [2.24, 2.45) is 5.92 Å². The van der Waals surface area contributed by atoms with Gasteiger partial charge in [-0.15, -0.1) is 0 Å². The van der Waals surface area contributed by atoms with Gasteiger partial charge in [-0.25, -0.2) is 9.78 Å². The number of aromatic nitrogens is 3. The van der Waals surface area contributed by atoms with Crippen molar-refractivity contribution in [2.45, 2.75) is 201 Å². The van der Waals surface area contributed by atoms with Crippen molar-refractivity contribution in [1.29, 1.82) is 0 Å². The van der Waals surface area contributed by atoms with Crippen LogP contribution in [-0.2, 0) is 79.9 Å². The number of aliphatic carboxylic acids is 1. The molecule has 1 aliphatic carbocycles. The predicted octanol–water partition coefficient (Wildman–Crippen LogP) is -0.959. The van der Waals surface area contributed by atoms with Crippen LogP contribution < -0.4 is 74.4 Å². The van der Waals surface area contributed by atoms with Crippen LogP contribution in [0.3, 0.4) is 0 Å². The van der Waals surface area contributed by atoms with Crippen LogP contribution in [0.4, 0.5) is 4.79 Å². The minimum atomic E-state index is -1.56. The number of urea groups is 1. The normalized spacial score (nSPS) is 26.6. The number of H-pyrrole nitrogens is 1. The van der Waals surface area contributed by atoms with Crippen LogP contribution >= 0.6 is 33.3 Å². The van der Waals surface area contributed by atoms with Crippen LogP contribution in [0.1, 0.15) is 128 Å². The summed E-state index contributed by atoms with van der Waals surface area (Å²) >= 11 is 1.81. The molecule has 8 rings (SSSR count). The predicted molar refractivity (Wildman–Crippen MR) is 382 cm³/mol. The maximum atomic E-state index is 14.7. The highest BCUT2D eigenvalue weighted by atomic mass is 33.1. The van der Waals surface area contributed by atoms with Gasteiger partial charge in [0, 0.05) is 91.2 Å². The van der Waals surface area contributed by atoms with Gasteiger partial charge in [-0.3, -0.25) is 67.3 Å². The minimum absolute atomic E-state index is 0.00391. The van der Waals surface area contributed by atoms with E-state index in [0.717, 1.165) is 42.2 Å². The minimum Gasteiger partial charge on any atom is -0.481 e. The summed E-state index contributed by atoms with van der Waals surface area (Å²) in [6.45, 7) is 2.43. The number of unbranched alkanes of at least 4 members (excludes halogenated alkanes) is 1. The molecule has 5 fully saturated rings. The Morgan fingerprint density at radius 3 is 2.00 bits per heavy atom. The second kappa shape index (κ2) is 40.9. The number of thioether (sulfide) groups is 1. The van der Waals surface area contributed by atoms with E-state index in [1.54, 1.807) is 19.2 Å². The first kappa shape index (κ1) is 79.9. The van der Waals surface area contributed by atoms with Crippen LogP contribution in [-0.4, -0.2) is 225 Å². The summed E-state index contributed by atoms with van der Waals surface area (Å²) in [7, 11) is 2.41. The fraction of sp³-hybridized carbons (Fsp3) is 0.612. The Bertz CT molecular complexity index is 3480. The Morgan fingerprint density at radius 2 is 1.28 bits per heavy atom. The van der Waals surface area contributed by atoms with Crippen molar-refractivity contribution in [3.05, 3.63) is 60.4 Å². The molecule has 14 amide bonds. The molecule has 4 saturated heterocycles. The van der Waals surface area contributed by atoms with Gasteiger partial charge in [0.1, 0.15) is 54.4 Å². The van der Waals surface area contributed by atoms with Gasteiger partial charge in [0.2, 0.25) is 70.9 Å². The van der Waals surface area contributed by atoms with Crippen molar-refractivity contribution in [2.75, 3.05) is 50.1 Å². The third-order valence-corrected chi connectivity index (χ3v) is 22.1. The molecule has 3 aromatic rings. The number of amides is 14. The van der Waals surface area contributed by atoms with Gasteiger partial charge < -0.3 is 89.3 Å². The van der Waals surface area contributed by atoms with E-state index in [1.807, 2.05) is 36.0 Å². The fourth-order valence-electron chi connectivity index (χ4n) is 12.1. The van der Waals surface area contributed by atoms with E-state index < -0.39 is 145 Å². The van der Waals surface area contributed by atoms with Crippen molar-refractivity contribution in [3.8, 4) is 0 Å². The zero-order valence-electron chi connectivity index (χ0n) is 57.7. The van der Waals surface area contributed by atoms with Gasteiger partial charge in [-0.2, -0.15) is 11.8 Å². The summed E-state index contributed by atoms with van der Waals surface area (Å²) in [6.07, 6.45) is 7.40. The molecule has 103 heavy (non-hydrogen) atoms. The van der Waals surface area contributed by atoms with E-state index in [4.69, 9.17) is 4.74 Å². The number of carbonyl (C=O) groups is 14. The molecule has 0 radical (unpaired) electrons. The topological polar surface area (TPSA) is 478 Å². The van der Waals surface area contributed by atoms with E-state index in [0.29, 0.717) is 24.2 Å². The fourth-order valence-corrected chi connectivity index (χ4v) is 15.8. The number of imidazole rings is 1. The number of pyridine rings is 1. The quantitative estimate of drug-likeness (QED) is 0.0327. The molecular formula is C67H95N17O16S3. The first-order chi connectivity index (χ1) is 49.6. The zero-order chi connectivity index (χ0) is 73.8. The maximum Gasteiger partial charge on any atom is 0.315 e. The molecule has 33 nitrogen and oxygen atoms in total. The molecule has 2 bridgehead atoms. The number of aromatic amines is 1. The average Bonchev–Trinajstić information content (AvgIpc) is 1.70. The van der Waals surface area contributed by atoms with Gasteiger partial charge in [-0.1, -0.05) is 72.0 Å². The van der Waals surface area contributed by atoms with Crippen molar-refractivity contribution < 1.29 is 77.0 Å². The number of carbonyl (C=O) groups excluding carboxylic acids is 13. The summed E-state index contributed by atoms with van der Waals surface area (Å²) in [5, 5.41) is 49.8. The van der Waals surface area contributed by atoms with E-state index in [1.165, 1.54) is 41.0 Å². The lowest BCUT2D eigenvalue weighted by Crippen LogP contribution is -2.59. The van der Waals surface area contributed by atoms with Crippen LogP contribution in [0.2, 0.25) is 0 Å². The molecule has 6 heterocycles. The number of carboxylic acids is 1. The van der Waals surface area contributed by atoms with Crippen LogP contribution in [0.15, 0.2) is 49.1 Å². The summed E-state index contributed by atoms with van der Waals surface area (Å²) in [5.74, 6) is -9.17. The Labute approximate surface area is 607 Å². The number of hydrogen-bond donors (Lipinski definition) is 16. The van der Waals surface area contributed by atoms with Gasteiger partial charge >= 0.3 is 12.0 Å². The smallest absolute Gasteiger partial charge is 0.315 e. The van der Waals surface area contributed by atoms with Crippen molar-refractivity contribution in [1.82, 2.24) is 89.4 Å². The molecule has 36 heteroatoms. The number of hydrogen-bond acceptors (Lipinski definition) is 20. The molecular weight excluding hydrogens is 1400 g/mol. The average molecular weight is 1490 g/mol. The Morgan fingerprint density at radius 1 is 0.612 bits per heavy atom. The highest BCUT2D eigenvalue weighted by Crippen LogP contribution is 2.34. The summed E-state index contributed by atoms with van der Waals surface area (Å²) in [6, 6.07) is -3.00. The number of ether oxygens (including phenoxy) is 1. The molecule has 5 aliphatic rings. The first-order valence-electron chi connectivity index (χ1n) is 35.2.